The molecule has 41 heavy (non-hydrogen) atoms. The molecule has 1 aromatic heterocycles. The van der Waals surface area contributed by atoms with E-state index in [0.29, 0.717) is 18.0 Å². The number of rotatable bonds is 3. The van der Waals surface area contributed by atoms with Crippen LogP contribution in [0, 0.1) is 5.92 Å². The van der Waals surface area contributed by atoms with E-state index in [1.54, 1.807) is 5.56 Å². The van der Waals surface area contributed by atoms with Gasteiger partial charge in [0.1, 0.15) is 0 Å². The molecule has 0 N–H and O–H groups in total. The maximum absolute atomic E-state index is 2.64. The highest BCUT2D eigenvalue weighted by Crippen LogP contribution is 2.46. The van der Waals surface area contributed by atoms with Crippen LogP contribution in [0.5, 0.6) is 0 Å². The van der Waals surface area contributed by atoms with Crippen molar-refractivity contribution in [1.82, 2.24) is 4.57 Å². The number of allylic oxidation sites excluding steroid dienone is 12. The van der Waals surface area contributed by atoms with Gasteiger partial charge in [-0.3, -0.25) is 0 Å². The highest BCUT2D eigenvalue weighted by Gasteiger charge is 2.39. The van der Waals surface area contributed by atoms with E-state index in [9.17, 15) is 0 Å². The van der Waals surface area contributed by atoms with Crippen LogP contribution in [0.2, 0.25) is 0 Å². The van der Waals surface area contributed by atoms with E-state index >= 15 is 0 Å². The number of fused-ring (bicyclic) bond motifs is 6. The van der Waals surface area contributed by atoms with Crippen molar-refractivity contribution in [2.75, 3.05) is 4.90 Å². The molecule has 2 nitrogen and oxygen atoms in total. The zero-order chi connectivity index (χ0) is 27.3. The third-order valence-corrected chi connectivity index (χ3v) is 9.85. The topological polar surface area (TPSA) is 8.17 Å². The Labute approximate surface area is 244 Å². The summed E-state index contributed by atoms with van der Waals surface area (Å²) in [6.07, 6.45) is 41.9. The zero-order valence-corrected chi connectivity index (χ0v) is 23.9. The first-order valence-corrected chi connectivity index (χ1v) is 15.5. The van der Waals surface area contributed by atoms with E-state index in [2.05, 4.69) is 132 Å². The second-order valence-electron chi connectivity index (χ2n) is 12.4. The highest BCUT2D eigenvalue weighted by molar-refractivity contribution is 5.75. The highest BCUT2D eigenvalue weighted by atomic mass is 15.2. The Hall–Kier alpha value is -4.04. The van der Waals surface area contributed by atoms with Crippen LogP contribution in [0.4, 0.5) is 5.69 Å². The summed E-state index contributed by atoms with van der Waals surface area (Å²) in [5.41, 5.74) is 12.8. The Morgan fingerprint density at radius 2 is 1.76 bits per heavy atom. The minimum absolute atomic E-state index is 0.372. The second-order valence-corrected chi connectivity index (χ2v) is 12.4. The number of nitrogens with zero attached hydrogens (tertiary/aromatic N) is 2. The lowest BCUT2D eigenvalue weighted by Crippen LogP contribution is -2.40. The zero-order valence-electron chi connectivity index (χ0n) is 23.9. The van der Waals surface area contributed by atoms with Crippen molar-refractivity contribution in [3.8, 4) is 0 Å². The molecule has 0 bridgehead atoms. The van der Waals surface area contributed by atoms with E-state index < -0.39 is 0 Å². The SMILES string of the molecule is CC1CCc2c(c3c(n2C2=CC=C(C4=CCC(N5c6ccccc6C6C=CC=CC65)C=C4)C=CC2)C=CCC=C3)C1. The maximum Gasteiger partial charge on any atom is 0.0586 e. The van der Waals surface area contributed by atoms with Gasteiger partial charge in [0, 0.05) is 35.0 Å². The molecule has 0 saturated heterocycles. The number of benzene rings is 1. The molecule has 2 heteroatoms. The minimum Gasteiger partial charge on any atom is -0.357 e. The van der Waals surface area contributed by atoms with E-state index in [-0.39, 0.29) is 0 Å². The maximum atomic E-state index is 2.64. The summed E-state index contributed by atoms with van der Waals surface area (Å²) in [4.78, 5) is 2.64. The molecular weight excluding hydrogens is 496 g/mol. The molecule has 4 atom stereocenters. The molecule has 0 saturated carbocycles. The van der Waals surface area contributed by atoms with Crippen molar-refractivity contribution in [3.05, 3.63) is 142 Å². The average molecular weight is 535 g/mol. The molecule has 8 rings (SSSR count). The summed E-state index contributed by atoms with van der Waals surface area (Å²) in [6.45, 7) is 2.41. The van der Waals surface area contributed by atoms with Gasteiger partial charge < -0.3 is 9.47 Å². The molecule has 204 valence electrons. The van der Waals surface area contributed by atoms with Crippen LogP contribution in [0.3, 0.4) is 0 Å². The van der Waals surface area contributed by atoms with Gasteiger partial charge in [0.2, 0.25) is 0 Å². The molecular formula is C39H38N2. The first-order chi connectivity index (χ1) is 20.3. The lowest BCUT2D eigenvalue weighted by Gasteiger charge is -2.35. The predicted molar refractivity (Wildman–Crippen MR) is 174 cm³/mol. The number of aromatic nitrogens is 1. The number of hydrogen-bond donors (Lipinski definition) is 0. The normalized spacial score (nSPS) is 27.3. The second kappa shape index (κ2) is 10.1. The van der Waals surface area contributed by atoms with Gasteiger partial charge in [-0.1, -0.05) is 104 Å². The fourth-order valence-electron chi connectivity index (χ4n) is 7.88. The van der Waals surface area contributed by atoms with E-state index in [0.717, 1.165) is 25.2 Å². The van der Waals surface area contributed by atoms with E-state index in [4.69, 9.17) is 0 Å². The van der Waals surface area contributed by atoms with Gasteiger partial charge in [0.05, 0.1) is 17.8 Å². The van der Waals surface area contributed by atoms with Gasteiger partial charge in [-0.05, 0) is 78.5 Å². The molecule has 0 amide bonds. The van der Waals surface area contributed by atoms with Crippen LogP contribution in [0.25, 0.3) is 17.8 Å². The molecule has 0 fully saturated rings. The van der Waals surface area contributed by atoms with Crippen molar-refractivity contribution in [1.29, 1.82) is 0 Å². The van der Waals surface area contributed by atoms with Crippen LogP contribution in [-0.4, -0.2) is 16.7 Å². The minimum atomic E-state index is 0.372. The molecule has 6 aliphatic rings. The summed E-state index contributed by atoms with van der Waals surface area (Å²) in [7, 11) is 0. The van der Waals surface area contributed by atoms with Crippen molar-refractivity contribution in [2.45, 2.75) is 63.5 Å². The van der Waals surface area contributed by atoms with Crippen molar-refractivity contribution < 1.29 is 0 Å². The molecule has 0 spiro atoms. The molecule has 2 aromatic rings. The third kappa shape index (κ3) is 4.15. The van der Waals surface area contributed by atoms with Gasteiger partial charge in [0.25, 0.3) is 0 Å². The smallest absolute Gasteiger partial charge is 0.0586 e. The van der Waals surface area contributed by atoms with E-state index in [1.165, 1.54) is 64.3 Å². The summed E-state index contributed by atoms with van der Waals surface area (Å²) in [6, 6.07) is 9.75. The first-order valence-electron chi connectivity index (χ1n) is 15.5. The predicted octanol–water partition coefficient (Wildman–Crippen LogP) is 9.12. The Balaban J connectivity index is 1.09. The van der Waals surface area contributed by atoms with Crippen LogP contribution in [0.15, 0.2) is 114 Å². The van der Waals surface area contributed by atoms with Crippen molar-refractivity contribution in [2.24, 2.45) is 5.92 Å². The molecule has 4 unspecified atom stereocenters. The summed E-state index contributed by atoms with van der Waals surface area (Å²) in [5.74, 6) is 1.21. The Bertz CT molecular complexity index is 1670. The fourth-order valence-corrected chi connectivity index (χ4v) is 7.88. The molecule has 1 aliphatic heterocycles. The van der Waals surface area contributed by atoms with Crippen LogP contribution in [-0.2, 0) is 12.8 Å². The lowest BCUT2D eigenvalue weighted by atomic mass is 9.87. The van der Waals surface area contributed by atoms with Crippen molar-refractivity contribution in [3.63, 3.8) is 0 Å². The summed E-state index contributed by atoms with van der Waals surface area (Å²) < 4.78 is 2.60. The van der Waals surface area contributed by atoms with Gasteiger partial charge in [0.15, 0.2) is 0 Å². The molecule has 1 aromatic carbocycles. The molecule has 2 heterocycles. The monoisotopic (exact) mass is 534 g/mol. The Kier molecular flexibility index (Phi) is 6.09. The van der Waals surface area contributed by atoms with Crippen LogP contribution >= 0.6 is 0 Å². The van der Waals surface area contributed by atoms with Crippen molar-refractivity contribution >= 4 is 23.5 Å². The van der Waals surface area contributed by atoms with E-state index in [1.807, 2.05) is 0 Å². The average Bonchev–Trinajstić information content (AvgIpc) is 3.22. The Morgan fingerprint density at radius 1 is 0.854 bits per heavy atom. The molecule has 0 radical (unpaired) electrons. The van der Waals surface area contributed by atoms with Gasteiger partial charge in [-0.15, -0.1) is 0 Å². The Morgan fingerprint density at radius 3 is 2.68 bits per heavy atom. The third-order valence-electron chi connectivity index (χ3n) is 9.85. The van der Waals surface area contributed by atoms with Gasteiger partial charge in [-0.25, -0.2) is 0 Å². The van der Waals surface area contributed by atoms with Gasteiger partial charge >= 0.3 is 0 Å². The number of hydrogen-bond acceptors (Lipinski definition) is 1. The van der Waals surface area contributed by atoms with Gasteiger partial charge in [-0.2, -0.15) is 0 Å². The summed E-state index contributed by atoms with van der Waals surface area (Å²) in [5, 5.41) is 0. The first kappa shape index (κ1) is 24.7. The van der Waals surface area contributed by atoms with Crippen LogP contribution < -0.4 is 4.90 Å². The lowest BCUT2D eigenvalue weighted by molar-refractivity contribution is 0.493. The fraction of sp³-hybridized carbons (Fsp3) is 0.282. The summed E-state index contributed by atoms with van der Waals surface area (Å²) >= 11 is 0. The quantitative estimate of drug-likeness (QED) is 0.381. The molecule has 5 aliphatic carbocycles. The largest absolute Gasteiger partial charge is 0.357 e. The van der Waals surface area contributed by atoms with Crippen LogP contribution in [0.1, 0.15) is 66.6 Å². The number of para-hydroxylation sites is 1. The standard InChI is InChI=1S/C39H38N2/c1-27-18-25-39-35(26-27)34-12-3-2-4-15-38(34)40(39)30-11-9-10-28(19-22-30)29-20-23-31(24-21-29)41-36-16-7-5-13-32(36)33-14-6-8-17-37(33)41/h3-10,12-17,19-23,27,31-32,36H,2,11,18,24-26H2,1H3. The number of anilines is 1.